The average Bonchev–Trinajstić information content (AvgIpc) is 1.97. The number of hydrogen-bond donors (Lipinski definition) is 0. The zero-order valence-corrected chi connectivity index (χ0v) is 9.63. The second kappa shape index (κ2) is 6.92. The summed E-state index contributed by atoms with van der Waals surface area (Å²) in [7, 11) is 0. The molecule has 0 aromatic carbocycles. The third-order valence-corrected chi connectivity index (χ3v) is 2.21. The monoisotopic (exact) mass is 235 g/mol. The van der Waals surface area contributed by atoms with Gasteiger partial charge in [-0.1, -0.05) is 22.9 Å². The van der Waals surface area contributed by atoms with Gasteiger partial charge in [-0.15, -0.1) is 0 Å². The lowest BCUT2D eigenvalue weighted by atomic mass is 10.5. The van der Waals surface area contributed by atoms with Gasteiger partial charge in [-0.3, -0.25) is 4.99 Å². The number of halogens is 1. The molecule has 0 amide bonds. The molecule has 0 saturated heterocycles. The van der Waals surface area contributed by atoms with E-state index in [1.54, 1.807) is 0 Å². The lowest BCUT2D eigenvalue weighted by Gasteiger charge is -1.95. The highest BCUT2D eigenvalue weighted by atomic mass is 79.9. The van der Waals surface area contributed by atoms with Gasteiger partial charge in [0, 0.05) is 22.1 Å². The van der Waals surface area contributed by atoms with Crippen LogP contribution in [0.1, 0.15) is 20.8 Å². The molecule has 0 radical (unpaired) electrons. The van der Waals surface area contributed by atoms with E-state index >= 15 is 0 Å². The zero-order chi connectivity index (χ0) is 8.69. The van der Waals surface area contributed by atoms with Crippen LogP contribution in [-0.2, 0) is 0 Å². The SMILES string of the molecule is CCSCC(C)=N/C=C(\C)Br. The van der Waals surface area contributed by atoms with Crippen molar-refractivity contribution in [3.63, 3.8) is 0 Å². The zero-order valence-electron chi connectivity index (χ0n) is 7.22. The molecule has 0 aromatic rings. The van der Waals surface area contributed by atoms with Gasteiger partial charge in [0.2, 0.25) is 0 Å². The van der Waals surface area contributed by atoms with Crippen molar-refractivity contribution >= 4 is 33.4 Å². The minimum Gasteiger partial charge on any atom is -0.264 e. The fourth-order valence-corrected chi connectivity index (χ4v) is 1.16. The quantitative estimate of drug-likeness (QED) is 0.681. The lowest BCUT2D eigenvalue weighted by molar-refractivity contribution is 1.46. The van der Waals surface area contributed by atoms with E-state index < -0.39 is 0 Å². The molecule has 0 heterocycles. The number of hydrogen-bond acceptors (Lipinski definition) is 2. The number of allylic oxidation sites excluding steroid dienone is 1. The number of rotatable bonds is 4. The molecular weight excluding hydrogens is 222 g/mol. The molecule has 0 atom stereocenters. The molecule has 3 heteroatoms. The van der Waals surface area contributed by atoms with Gasteiger partial charge in [0.1, 0.15) is 0 Å². The van der Waals surface area contributed by atoms with Crippen LogP contribution in [-0.4, -0.2) is 17.2 Å². The van der Waals surface area contributed by atoms with E-state index in [1.807, 2.05) is 24.9 Å². The van der Waals surface area contributed by atoms with Crippen molar-refractivity contribution in [2.75, 3.05) is 11.5 Å². The Kier molecular flexibility index (Phi) is 7.07. The molecule has 0 spiro atoms. The normalized spacial score (nSPS) is 13.8. The second-order valence-corrected chi connectivity index (χ2v) is 4.74. The van der Waals surface area contributed by atoms with Crippen molar-refractivity contribution in [3.05, 3.63) is 10.7 Å². The number of thioether (sulfide) groups is 1. The maximum atomic E-state index is 4.25. The minimum absolute atomic E-state index is 1.04. The van der Waals surface area contributed by atoms with Gasteiger partial charge in [-0.2, -0.15) is 11.8 Å². The van der Waals surface area contributed by atoms with Crippen LogP contribution in [0.4, 0.5) is 0 Å². The molecule has 0 unspecified atom stereocenters. The summed E-state index contributed by atoms with van der Waals surface area (Å²) in [5, 5.41) is 0. The van der Waals surface area contributed by atoms with Crippen LogP contribution in [0, 0.1) is 0 Å². The highest BCUT2D eigenvalue weighted by Gasteiger charge is 1.88. The molecule has 0 bridgehead atoms. The highest BCUT2D eigenvalue weighted by Crippen LogP contribution is 2.03. The second-order valence-electron chi connectivity index (χ2n) is 2.22. The van der Waals surface area contributed by atoms with Crippen molar-refractivity contribution in [1.29, 1.82) is 0 Å². The van der Waals surface area contributed by atoms with Crippen LogP contribution >= 0.6 is 27.7 Å². The van der Waals surface area contributed by atoms with Gasteiger partial charge in [-0.25, -0.2) is 0 Å². The predicted octanol–water partition coefficient (Wildman–Crippen LogP) is 3.46. The number of nitrogens with zero attached hydrogens (tertiary/aromatic N) is 1. The van der Waals surface area contributed by atoms with Crippen LogP contribution in [0.5, 0.6) is 0 Å². The van der Waals surface area contributed by atoms with E-state index in [4.69, 9.17) is 0 Å². The summed E-state index contributed by atoms with van der Waals surface area (Å²) in [5.41, 5.74) is 1.18. The van der Waals surface area contributed by atoms with Gasteiger partial charge >= 0.3 is 0 Å². The Bertz CT molecular complexity index is 159. The fourth-order valence-electron chi connectivity index (χ4n) is 0.486. The van der Waals surface area contributed by atoms with Crippen LogP contribution in [0.15, 0.2) is 15.7 Å². The lowest BCUT2D eigenvalue weighted by Crippen LogP contribution is -1.94. The van der Waals surface area contributed by atoms with E-state index in [1.165, 1.54) is 5.71 Å². The molecule has 0 rings (SSSR count). The Morgan fingerprint density at radius 2 is 2.18 bits per heavy atom. The molecule has 0 aromatic heterocycles. The van der Waals surface area contributed by atoms with Crippen LogP contribution < -0.4 is 0 Å². The van der Waals surface area contributed by atoms with E-state index in [0.717, 1.165) is 16.0 Å². The molecule has 1 nitrogen and oxygen atoms in total. The molecule has 0 fully saturated rings. The first-order valence-corrected chi connectivity index (χ1v) is 5.55. The topological polar surface area (TPSA) is 12.4 Å². The fraction of sp³-hybridized carbons (Fsp3) is 0.625. The maximum absolute atomic E-state index is 4.25. The molecule has 11 heavy (non-hydrogen) atoms. The van der Waals surface area contributed by atoms with Gasteiger partial charge in [0.25, 0.3) is 0 Å². The Balaban J connectivity index is 3.72. The van der Waals surface area contributed by atoms with Crippen LogP contribution in [0.3, 0.4) is 0 Å². The Labute approximate surface area is 81.5 Å². The largest absolute Gasteiger partial charge is 0.264 e. The van der Waals surface area contributed by atoms with E-state index in [2.05, 4.69) is 34.8 Å². The average molecular weight is 236 g/mol. The molecule has 0 saturated carbocycles. The molecule has 0 aliphatic heterocycles. The first-order chi connectivity index (χ1) is 5.16. The minimum atomic E-state index is 1.04. The standard InChI is InChI=1S/C8H14BrNS/c1-4-11-6-8(3)10-5-7(2)9/h5H,4,6H2,1-3H3/b7-5+,10-8?. The van der Waals surface area contributed by atoms with Crippen molar-refractivity contribution in [2.24, 2.45) is 4.99 Å². The van der Waals surface area contributed by atoms with Crippen LogP contribution in [0.25, 0.3) is 0 Å². The van der Waals surface area contributed by atoms with Crippen molar-refractivity contribution in [3.8, 4) is 0 Å². The summed E-state index contributed by atoms with van der Waals surface area (Å²) in [5.74, 6) is 2.19. The van der Waals surface area contributed by atoms with Gasteiger partial charge < -0.3 is 0 Å². The summed E-state index contributed by atoms with van der Waals surface area (Å²) in [4.78, 5) is 4.25. The summed E-state index contributed by atoms with van der Waals surface area (Å²) in [6, 6.07) is 0. The first-order valence-electron chi connectivity index (χ1n) is 3.60. The molecule has 0 aliphatic rings. The van der Waals surface area contributed by atoms with Gasteiger partial charge in [-0.05, 0) is 19.6 Å². The van der Waals surface area contributed by atoms with Crippen molar-refractivity contribution in [1.82, 2.24) is 0 Å². The van der Waals surface area contributed by atoms with E-state index in [9.17, 15) is 0 Å². The van der Waals surface area contributed by atoms with Crippen molar-refractivity contribution < 1.29 is 0 Å². The third-order valence-electron chi connectivity index (χ3n) is 0.978. The summed E-state index contributed by atoms with van der Waals surface area (Å²) < 4.78 is 1.07. The van der Waals surface area contributed by atoms with E-state index in [-0.39, 0.29) is 0 Å². The molecule has 0 aliphatic carbocycles. The third kappa shape index (κ3) is 8.14. The van der Waals surface area contributed by atoms with Gasteiger partial charge in [0.05, 0.1) is 0 Å². The smallest absolute Gasteiger partial charge is 0.0365 e. The Morgan fingerprint density at radius 3 is 2.64 bits per heavy atom. The summed E-state index contributed by atoms with van der Waals surface area (Å²) in [6.07, 6.45) is 1.84. The Hall–Kier alpha value is 0.240. The van der Waals surface area contributed by atoms with E-state index in [0.29, 0.717) is 0 Å². The Morgan fingerprint density at radius 1 is 1.55 bits per heavy atom. The van der Waals surface area contributed by atoms with Crippen molar-refractivity contribution in [2.45, 2.75) is 20.8 Å². The van der Waals surface area contributed by atoms with Gasteiger partial charge in [0.15, 0.2) is 0 Å². The number of aliphatic imine (C=N–C) groups is 1. The maximum Gasteiger partial charge on any atom is 0.0365 e. The molecule has 64 valence electrons. The molecular formula is C8H14BrNS. The predicted molar refractivity (Wildman–Crippen MR) is 58.8 cm³/mol. The summed E-state index contributed by atoms with van der Waals surface area (Å²) in [6.45, 7) is 6.18. The first kappa shape index (κ1) is 11.2. The van der Waals surface area contributed by atoms with Crippen LogP contribution in [0.2, 0.25) is 0 Å². The highest BCUT2D eigenvalue weighted by molar-refractivity contribution is 9.11. The summed E-state index contributed by atoms with van der Waals surface area (Å²) >= 11 is 5.21. The molecule has 0 N–H and O–H groups in total.